The van der Waals surface area contributed by atoms with E-state index < -0.39 is 11.9 Å². The Morgan fingerprint density at radius 3 is 2.43 bits per heavy atom. The monoisotopic (exact) mass is 224 g/mol. The van der Waals surface area contributed by atoms with Gasteiger partial charge in [-0.15, -0.1) is 0 Å². The van der Waals surface area contributed by atoms with Gasteiger partial charge in [-0.3, -0.25) is 4.98 Å². The van der Waals surface area contributed by atoms with Gasteiger partial charge in [0.05, 0.1) is 0 Å². The standard InChI is InChI=1S/C7H4ClF3N2O/c8-6(13-14)4-1-2-5(12-3-4)7(9,10)11/h1-3,14H. The lowest BCUT2D eigenvalue weighted by Gasteiger charge is -2.04. The number of hydrogen-bond acceptors (Lipinski definition) is 3. The minimum absolute atomic E-state index is 0.113. The number of hydrogen-bond donors (Lipinski definition) is 1. The summed E-state index contributed by atoms with van der Waals surface area (Å²) >= 11 is 5.34. The van der Waals surface area contributed by atoms with Gasteiger partial charge >= 0.3 is 6.18 Å². The molecule has 0 saturated heterocycles. The molecule has 1 N–H and O–H groups in total. The first kappa shape index (κ1) is 10.8. The molecule has 1 aromatic rings. The molecular formula is C7H4ClF3N2O. The molecule has 76 valence electrons. The van der Waals surface area contributed by atoms with Crippen LogP contribution in [0.3, 0.4) is 0 Å². The van der Waals surface area contributed by atoms with Crippen molar-refractivity contribution in [3.63, 3.8) is 0 Å². The van der Waals surface area contributed by atoms with Crippen LogP contribution in [-0.4, -0.2) is 15.4 Å². The molecule has 0 aliphatic rings. The van der Waals surface area contributed by atoms with E-state index in [1.807, 2.05) is 0 Å². The number of halogens is 4. The molecule has 3 nitrogen and oxygen atoms in total. The number of alkyl halides is 3. The van der Waals surface area contributed by atoms with Crippen molar-refractivity contribution >= 4 is 16.8 Å². The SMILES string of the molecule is ON=C(Cl)c1ccc(C(F)(F)F)nc1. The molecule has 7 heteroatoms. The van der Waals surface area contributed by atoms with Gasteiger partial charge in [0.2, 0.25) is 0 Å². The first-order chi connectivity index (χ1) is 6.45. The zero-order valence-electron chi connectivity index (χ0n) is 6.59. The highest BCUT2D eigenvalue weighted by molar-refractivity contribution is 6.69. The van der Waals surface area contributed by atoms with Crippen LogP contribution in [0.1, 0.15) is 11.3 Å². The fourth-order valence-electron chi connectivity index (χ4n) is 0.741. The van der Waals surface area contributed by atoms with Crippen LogP contribution in [0.2, 0.25) is 0 Å². The molecule has 0 saturated carbocycles. The predicted octanol–water partition coefficient (Wildman–Crippen LogP) is 2.48. The summed E-state index contributed by atoms with van der Waals surface area (Å²) in [6, 6.07) is 1.82. The van der Waals surface area contributed by atoms with Crippen LogP contribution in [0.4, 0.5) is 13.2 Å². The van der Waals surface area contributed by atoms with Gasteiger partial charge in [-0.25, -0.2) is 0 Å². The Bertz CT molecular complexity index is 347. The van der Waals surface area contributed by atoms with Crippen molar-refractivity contribution in [2.24, 2.45) is 5.16 Å². The third-order valence-electron chi connectivity index (χ3n) is 1.38. The van der Waals surface area contributed by atoms with E-state index in [0.717, 1.165) is 18.3 Å². The number of pyridine rings is 1. The molecule has 0 aliphatic heterocycles. The van der Waals surface area contributed by atoms with Crippen molar-refractivity contribution in [2.75, 3.05) is 0 Å². The molecule has 0 aromatic carbocycles. The van der Waals surface area contributed by atoms with Crippen LogP contribution in [0.5, 0.6) is 0 Å². The maximum Gasteiger partial charge on any atom is 0.433 e. The average Bonchev–Trinajstić information content (AvgIpc) is 2.15. The summed E-state index contributed by atoms with van der Waals surface area (Å²) < 4.78 is 36.1. The van der Waals surface area contributed by atoms with Crippen molar-refractivity contribution in [3.8, 4) is 0 Å². The molecule has 1 heterocycles. The number of rotatable bonds is 1. The van der Waals surface area contributed by atoms with Crippen LogP contribution in [0.15, 0.2) is 23.5 Å². The van der Waals surface area contributed by atoms with Crippen LogP contribution in [-0.2, 0) is 6.18 Å². The first-order valence-electron chi connectivity index (χ1n) is 3.36. The van der Waals surface area contributed by atoms with Crippen molar-refractivity contribution < 1.29 is 18.4 Å². The highest BCUT2D eigenvalue weighted by Gasteiger charge is 2.32. The lowest BCUT2D eigenvalue weighted by molar-refractivity contribution is -0.141. The van der Waals surface area contributed by atoms with Gasteiger partial charge in [0.25, 0.3) is 0 Å². The average molecular weight is 225 g/mol. The molecule has 1 rings (SSSR count). The van der Waals surface area contributed by atoms with Crippen molar-refractivity contribution in [1.29, 1.82) is 0 Å². The summed E-state index contributed by atoms with van der Waals surface area (Å²) in [6.07, 6.45) is -3.60. The summed E-state index contributed by atoms with van der Waals surface area (Å²) in [5.41, 5.74) is -0.911. The largest absolute Gasteiger partial charge is 0.433 e. The third kappa shape index (κ3) is 2.35. The Balaban J connectivity index is 3.01. The van der Waals surface area contributed by atoms with E-state index >= 15 is 0 Å². The molecular weight excluding hydrogens is 221 g/mol. The lowest BCUT2D eigenvalue weighted by Crippen LogP contribution is -2.08. The molecule has 0 fully saturated rings. The number of oxime groups is 1. The minimum Gasteiger partial charge on any atom is -0.410 e. The van der Waals surface area contributed by atoms with Gasteiger partial charge in [-0.2, -0.15) is 13.2 Å². The van der Waals surface area contributed by atoms with Crippen LogP contribution >= 0.6 is 11.6 Å². The fraction of sp³-hybridized carbons (Fsp3) is 0.143. The highest BCUT2D eigenvalue weighted by Crippen LogP contribution is 2.27. The van der Waals surface area contributed by atoms with Gasteiger partial charge < -0.3 is 5.21 Å². The van der Waals surface area contributed by atoms with Gasteiger partial charge in [0.15, 0.2) is 5.17 Å². The Hall–Kier alpha value is -1.30. The zero-order chi connectivity index (χ0) is 10.8. The molecule has 0 spiro atoms. The van der Waals surface area contributed by atoms with E-state index in [-0.39, 0.29) is 10.7 Å². The van der Waals surface area contributed by atoms with E-state index in [4.69, 9.17) is 16.8 Å². The van der Waals surface area contributed by atoms with Crippen molar-refractivity contribution in [3.05, 3.63) is 29.6 Å². The Morgan fingerprint density at radius 2 is 2.07 bits per heavy atom. The molecule has 0 aliphatic carbocycles. The summed E-state index contributed by atoms with van der Waals surface area (Å²) in [4.78, 5) is 3.12. The highest BCUT2D eigenvalue weighted by atomic mass is 35.5. The van der Waals surface area contributed by atoms with Crippen LogP contribution in [0.25, 0.3) is 0 Å². The molecule has 14 heavy (non-hydrogen) atoms. The molecule has 0 unspecified atom stereocenters. The van der Waals surface area contributed by atoms with Gasteiger partial charge in [-0.1, -0.05) is 16.8 Å². The van der Waals surface area contributed by atoms with Crippen LogP contribution in [0, 0.1) is 0 Å². The predicted molar refractivity (Wildman–Crippen MR) is 43.4 cm³/mol. The van der Waals surface area contributed by atoms with Crippen molar-refractivity contribution in [2.45, 2.75) is 6.18 Å². The molecule has 0 radical (unpaired) electrons. The zero-order valence-corrected chi connectivity index (χ0v) is 7.34. The minimum atomic E-state index is -4.48. The topological polar surface area (TPSA) is 45.5 Å². The Labute approximate surface area is 81.8 Å². The number of aromatic nitrogens is 1. The smallest absolute Gasteiger partial charge is 0.410 e. The lowest BCUT2D eigenvalue weighted by atomic mass is 10.2. The quantitative estimate of drug-likeness (QED) is 0.453. The van der Waals surface area contributed by atoms with E-state index in [2.05, 4.69) is 10.1 Å². The molecule has 0 atom stereocenters. The van der Waals surface area contributed by atoms with Gasteiger partial charge in [-0.05, 0) is 12.1 Å². The molecule has 0 bridgehead atoms. The van der Waals surface area contributed by atoms with Crippen LogP contribution < -0.4 is 0 Å². The van der Waals surface area contributed by atoms with E-state index in [9.17, 15) is 13.2 Å². The normalized spacial score (nSPS) is 13.0. The second-order valence-corrected chi connectivity index (χ2v) is 2.68. The third-order valence-corrected chi connectivity index (χ3v) is 1.67. The second kappa shape index (κ2) is 3.83. The number of nitrogens with zero attached hydrogens (tertiary/aromatic N) is 2. The van der Waals surface area contributed by atoms with Gasteiger partial charge in [0.1, 0.15) is 5.69 Å². The maximum atomic E-state index is 12.0. The Kier molecular flexibility index (Phi) is 2.95. The summed E-state index contributed by atoms with van der Waals surface area (Å²) in [6.45, 7) is 0. The Morgan fingerprint density at radius 1 is 1.43 bits per heavy atom. The summed E-state index contributed by atoms with van der Waals surface area (Å²) in [5, 5.41) is 10.5. The second-order valence-electron chi connectivity index (χ2n) is 2.32. The summed E-state index contributed by atoms with van der Waals surface area (Å²) in [7, 11) is 0. The van der Waals surface area contributed by atoms with Gasteiger partial charge in [0, 0.05) is 11.8 Å². The van der Waals surface area contributed by atoms with Crippen molar-refractivity contribution in [1.82, 2.24) is 4.98 Å². The maximum absolute atomic E-state index is 12.0. The molecule has 1 aromatic heterocycles. The first-order valence-corrected chi connectivity index (χ1v) is 3.74. The summed E-state index contributed by atoms with van der Waals surface area (Å²) in [5.74, 6) is 0. The van der Waals surface area contributed by atoms with E-state index in [1.165, 1.54) is 0 Å². The van der Waals surface area contributed by atoms with E-state index in [0.29, 0.717) is 0 Å². The molecule has 0 amide bonds. The van der Waals surface area contributed by atoms with E-state index in [1.54, 1.807) is 0 Å². The fourth-order valence-corrected chi connectivity index (χ4v) is 0.853.